The summed E-state index contributed by atoms with van der Waals surface area (Å²) >= 11 is 0. The van der Waals surface area contributed by atoms with Crippen molar-refractivity contribution >= 4 is 12.5 Å². The van der Waals surface area contributed by atoms with E-state index in [0.29, 0.717) is 12.1 Å². The second-order valence-electron chi connectivity index (χ2n) is 2.29. The van der Waals surface area contributed by atoms with E-state index < -0.39 is 0 Å². The number of aldehydes is 1. The number of allylic oxidation sites excluding steroid dienone is 1. The second-order valence-corrected chi connectivity index (χ2v) is 2.29. The van der Waals surface area contributed by atoms with Crippen molar-refractivity contribution < 1.29 is 4.79 Å². The van der Waals surface area contributed by atoms with Gasteiger partial charge in [-0.05, 0) is 6.08 Å². The quantitative estimate of drug-likeness (QED) is 0.454. The van der Waals surface area contributed by atoms with E-state index in [1.807, 2.05) is 12.2 Å². The molecule has 0 aromatic rings. The molecular formula is C8H10N2O. The van der Waals surface area contributed by atoms with E-state index in [9.17, 15) is 4.79 Å². The lowest BCUT2D eigenvalue weighted by molar-refractivity contribution is -0.105. The fourth-order valence-electron chi connectivity index (χ4n) is 0.947. The molecule has 1 rings (SSSR count). The minimum atomic E-state index is 0.0718. The third-order valence-electron chi connectivity index (χ3n) is 1.59. The first-order valence-electron chi connectivity index (χ1n) is 3.42. The lowest BCUT2D eigenvalue weighted by Gasteiger charge is -2.10. The van der Waals surface area contributed by atoms with Crippen LogP contribution in [-0.2, 0) is 4.79 Å². The van der Waals surface area contributed by atoms with Crippen LogP contribution in [-0.4, -0.2) is 19.0 Å². The molecule has 1 heterocycles. The predicted molar refractivity (Wildman–Crippen MR) is 44.3 cm³/mol. The van der Waals surface area contributed by atoms with Crippen molar-refractivity contribution in [3.63, 3.8) is 0 Å². The van der Waals surface area contributed by atoms with Gasteiger partial charge in [-0.2, -0.15) is 0 Å². The molecule has 0 fully saturated rings. The van der Waals surface area contributed by atoms with Gasteiger partial charge in [0.05, 0.1) is 0 Å². The third-order valence-corrected chi connectivity index (χ3v) is 1.59. The van der Waals surface area contributed by atoms with E-state index in [2.05, 4.69) is 4.99 Å². The number of dihydropyridines is 1. The fraction of sp³-hybridized carbons (Fsp3) is 0.250. The SMILES string of the molecule is N/C=C(/C=O)C1C=CC=NC1. The Morgan fingerprint density at radius 2 is 2.55 bits per heavy atom. The van der Waals surface area contributed by atoms with Gasteiger partial charge in [0.15, 0.2) is 0 Å². The number of hydrogen-bond acceptors (Lipinski definition) is 3. The van der Waals surface area contributed by atoms with E-state index in [4.69, 9.17) is 5.73 Å². The molecule has 3 nitrogen and oxygen atoms in total. The topological polar surface area (TPSA) is 55.5 Å². The molecule has 1 aliphatic heterocycles. The Bertz CT molecular complexity index is 228. The Kier molecular flexibility index (Phi) is 2.60. The van der Waals surface area contributed by atoms with Crippen LogP contribution in [0.1, 0.15) is 0 Å². The van der Waals surface area contributed by atoms with Crippen molar-refractivity contribution in [2.75, 3.05) is 6.54 Å². The zero-order valence-electron chi connectivity index (χ0n) is 6.10. The Morgan fingerprint density at radius 3 is 3.00 bits per heavy atom. The molecule has 11 heavy (non-hydrogen) atoms. The summed E-state index contributed by atoms with van der Waals surface area (Å²) in [5.74, 6) is 0.0718. The van der Waals surface area contributed by atoms with Crippen LogP contribution < -0.4 is 5.73 Å². The molecule has 0 bridgehead atoms. The van der Waals surface area contributed by atoms with Crippen LogP contribution in [0.3, 0.4) is 0 Å². The average Bonchev–Trinajstić information content (AvgIpc) is 2.09. The zero-order chi connectivity index (χ0) is 8.10. The highest BCUT2D eigenvalue weighted by molar-refractivity contribution is 5.77. The highest BCUT2D eigenvalue weighted by atomic mass is 16.1. The molecule has 0 amide bonds. The van der Waals surface area contributed by atoms with E-state index >= 15 is 0 Å². The molecular weight excluding hydrogens is 140 g/mol. The molecule has 2 N–H and O–H groups in total. The molecule has 0 saturated heterocycles. The third kappa shape index (κ3) is 1.77. The number of aliphatic imine (C=N–C) groups is 1. The molecule has 0 radical (unpaired) electrons. The summed E-state index contributed by atoms with van der Waals surface area (Å²) < 4.78 is 0. The first-order chi connectivity index (χ1) is 5.38. The van der Waals surface area contributed by atoms with E-state index in [1.54, 1.807) is 6.21 Å². The van der Waals surface area contributed by atoms with Crippen LogP contribution in [0.5, 0.6) is 0 Å². The maximum absolute atomic E-state index is 10.4. The second kappa shape index (κ2) is 3.71. The Balaban J connectivity index is 2.68. The Hall–Kier alpha value is -1.38. The first-order valence-corrected chi connectivity index (χ1v) is 3.42. The molecule has 0 spiro atoms. The first kappa shape index (κ1) is 7.72. The molecule has 58 valence electrons. The number of hydrogen-bond donors (Lipinski definition) is 1. The lowest BCUT2D eigenvalue weighted by Crippen LogP contribution is -2.10. The van der Waals surface area contributed by atoms with Crippen LogP contribution in [0.15, 0.2) is 28.9 Å². The highest BCUT2D eigenvalue weighted by Gasteiger charge is 2.10. The lowest BCUT2D eigenvalue weighted by atomic mass is 9.99. The van der Waals surface area contributed by atoms with Gasteiger partial charge in [-0.15, -0.1) is 0 Å². The van der Waals surface area contributed by atoms with E-state index in [1.165, 1.54) is 6.20 Å². The highest BCUT2D eigenvalue weighted by Crippen LogP contribution is 2.11. The Labute approximate surface area is 65.3 Å². The molecule has 3 heteroatoms. The molecule has 0 aromatic heterocycles. The largest absolute Gasteiger partial charge is 0.404 e. The summed E-state index contributed by atoms with van der Waals surface area (Å²) in [6.07, 6.45) is 7.56. The van der Waals surface area contributed by atoms with Crippen molar-refractivity contribution in [3.05, 3.63) is 23.9 Å². The van der Waals surface area contributed by atoms with Crippen LogP contribution in [0.2, 0.25) is 0 Å². The molecule has 1 aliphatic rings. The number of rotatable bonds is 2. The normalized spacial score (nSPS) is 23.6. The summed E-state index contributed by atoms with van der Waals surface area (Å²) in [5, 5.41) is 0. The van der Waals surface area contributed by atoms with Crippen molar-refractivity contribution in [1.29, 1.82) is 0 Å². The zero-order valence-corrected chi connectivity index (χ0v) is 6.10. The van der Waals surface area contributed by atoms with Crippen LogP contribution in [0.25, 0.3) is 0 Å². The number of carbonyl (C=O) groups is 1. The minimum absolute atomic E-state index is 0.0718. The average molecular weight is 150 g/mol. The summed E-state index contributed by atoms with van der Waals surface area (Å²) in [6.45, 7) is 0.623. The number of nitrogens with zero attached hydrogens (tertiary/aromatic N) is 1. The Morgan fingerprint density at radius 1 is 1.73 bits per heavy atom. The minimum Gasteiger partial charge on any atom is -0.404 e. The van der Waals surface area contributed by atoms with Crippen LogP contribution in [0.4, 0.5) is 0 Å². The summed E-state index contributed by atoms with van der Waals surface area (Å²) in [4.78, 5) is 14.4. The summed E-state index contributed by atoms with van der Waals surface area (Å²) in [5.41, 5.74) is 5.83. The molecule has 1 atom stereocenters. The van der Waals surface area contributed by atoms with Gasteiger partial charge in [0.25, 0.3) is 0 Å². The van der Waals surface area contributed by atoms with Gasteiger partial charge in [-0.25, -0.2) is 0 Å². The van der Waals surface area contributed by atoms with Crippen molar-refractivity contribution in [1.82, 2.24) is 0 Å². The standard InChI is InChI=1S/C8H10N2O/c9-4-8(6-11)7-2-1-3-10-5-7/h1-4,6-7H,5,9H2/b8-4-. The fourth-order valence-corrected chi connectivity index (χ4v) is 0.947. The van der Waals surface area contributed by atoms with Gasteiger partial charge in [0.1, 0.15) is 6.29 Å². The van der Waals surface area contributed by atoms with Crippen LogP contribution in [0, 0.1) is 5.92 Å². The van der Waals surface area contributed by atoms with E-state index in [-0.39, 0.29) is 5.92 Å². The van der Waals surface area contributed by atoms with Gasteiger partial charge in [0, 0.05) is 30.5 Å². The van der Waals surface area contributed by atoms with Crippen LogP contribution >= 0.6 is 0 Å². The van der Waals surface area contributed by atoms with E-state index in [0.717, 1.165) is 6.29 Å². The molecule has 1 unspecified atom stereocenters. The smallest absolute Gasteiger partial charge is 0.148 e. The number of nitrogens with two attached hydrogens (primary N) is 1. The van der Waals surface area contributed by atoms with Crippen molar-refractivity contribution in [2.24, 2.45) is 16.6 Å². The summed E-state index contributed by atoms with van der Waals surface area (Å²) in [7, 11) is 0. The van der Waals surface area contributed by atoms with Crippen molar-refractivity contribution in [2.45, 2.75) is 0 Å². The van der Waals surface area contributed by atoms with Gasteiger partial charge < -0.3 is 5.73 Å². The molecule has 0 aromatic carbocycles. The number of carbonyl (C=O) groups excluding carboxylic acids is 1. The van der Waals surface area contributed by atoms with Gasteiger partial charge in [-0.3, -0.25) is 9.79 Å². The maximum atomic E-state index is 10.4. The summed E-state index contributed by atoms with van der Waals surface area (Å²) in [6, 6.07) is 0. The molecule has 0 saturated carbocycles. The predicted octanol–water partition coefficient (Wildman–Crippen LogP) is 0.285. The maximum Gasteiger partial charge on any atom is 0.148 e. The van der Waals surface area contributed by atoms with Gasteiger partial charge in [-0.1, -0.05) is 6.08 Å². The molecule has 0 aliphatic carbocycles. The van der Waals surface area contributed by atoms with Gasteiger partial charge >= 0.3 is 0 Å². The van der Waals surface area contributed by atoms with Gasteiger partial charge in [0.2, 0.25) is 0 Å². The van der Waals surface area contributed by atoms with Crippen molar-refractivity contribution in [3.8, 4) is 0 Å². The monoisotopic (exact) mass is 150 g/mol.